The zero-order valence-corrected chi connectivity index (χ0v) is 18.9. The fourth-order valence-electron chi connectivity index (χ4n) is 3.56. The van der Waals surface area contributed by atoms with E-state index in [0.29, 0.717) is 46.3 Å². The molecule has 1 heterocycles. The van der Waals surface area contributed by atoms with Crippen LogP contribution in [0.2, 0.25) is 0 Å². The van der Waals surface area contributed by atoms with Crippen LogP contribution < -0.4 is 24.3 Å². The summed E-state index contributed by atoms with van der Waals surface area (Å²) in [5.41, 5.74) is 1.68. The van der Waals surface area contributed by atoms with Crippen molar-refractivity contribution in [2.45, 2.75) is 6.10 Å². The quantitative estimate of drug-likeness (QED) is 0.511. The van der Waals surface area contributed by atoms with Gasteiger partial charge in [-0.25, -0.2) is 0 Å². The number of nitrogens with one attached hydrogen (secondary N) is 1. The molecule has 0 bridgehead atoms. The van der Waals surface area contributed by atoms with Crippen LogP contribution in [0.25, 0.3) is 11.1 Å². The molecule has 0 aromatic heterocycles. The van der Waals surface area contributed by atoms with Gasteiger partial charge in [-0.1, -0.05) is 30.3 Å². The third-order valence-corrected chi connectivity index (χ3v) is 5.26. The number of esters is 1. The average molecular weight is 463 g/mol. The SMILES string of the molecule is COC(=O)CNC(=O)c1ccc(OC[C@@H]2COc3ccccc3O2)cc1-c1ccccc1OC. The van der Waals surface area contributed by atoms with Crippen LogP contribution in [0.15, 0.2) is 66.7 Å². The first kappa shape index (κ1) is 23.0. The number of methoxy groups -OCH3 is 2. The van der Waals surface area contributed by atoms with Crippen molar-refractivity contribution in [1.29, 1.82) is 0 Å². The van der Waals surface area contributed by atoms with Gasteiger partial charge in [0.15, 0.2) is 17.6 Å². The Kier molecular flexibility index (Phi) is 7.17. The molecule has 0 fully saturated rings. The van der Waals surface area contributed by atoms with Crippen LogP contribution in [0.1, 0.15) is 10.4 Å². The first-order chi connectivity index (χ1) is 16.6. The fraction of sp³-hybridized carbons (Fsp3) is 0.231. The van der Waals surface area contributed by atoms with Crippen molar-refractivity contribution in [2.24, 2.45) is 0 Å². The summed E-state index contributed by atoms with van der Waals surface area (Å²) in [5.74, 6) is 1.58. The lowest BCUT2D eigenvalue weighted by Crippen LogP contribution is -2.34. The highest BCUT2D eigenvalue weighted by molar-refractivity contribution is 6.02. The maximum Gasteiger partial charge on any atom is 0.325 e. The van der Waals surface area contributed by atoms with E-state index in [9.17, 15) is 9.59 Å². The van der Waals surface area contributed by atoms with E-state index in [1.807, 2.05) is 48.5 Å². The normalized spacial score (nSPS) is 14.1. The van der Waals surface area contributed by atoms with Gasteiger partial charge < -0.3 is 29.0 Å². The molecule has 8 heteroatoms. The summed E-state index contributed by atoms with van der Waals surface area (Å²) < 4.78 is 27.8. The lowest BCUT2D eigenvalue weighted by Gasteiger charge is -2.26. The van der Waals surface area contributed by atoms with Crippen molar-refractivity contribution in [1.82, 2.24) is 5.32 Å². The third-order valence-electron chi connectivity index (χ3n) is 5.26. The first-order valence-corrected chi connectivity index (χ1v) is 10.7. The summed E-state index contributed by atoms with van der Waals surface area (Å²) in [6.45, 7) is 0.386. The van der Waals surface area contributed by atoms with Crippen molar-refractivity contribution in [3.8, 4) is 34.1 Å². The van der Waals surface area contributed by atoms with Crippen LogP contribution in [-0.2, 0) is 9.53 Å². The van der Waals surface area contributed by atoms with E-state index in [1.54, 1.807) is 25.3 Å². The minimum absolute atomic E-state index is 0.237. The van der Waals surface area contributed by atoms with Crippen LogP contribution in [0.3, 0.4) is 0 Å². The number of hydrogen-bond acceptors (Lipinski definition) is 7. The Morgan fingerprint density at radius 3 is 2.53 bits per heavy atom. The van der Waals surface area contributed by atoms with Gasteiger partial charge in [0.05, 0.1) is 14.2 Å². The van der Waals surface area contributed by atoms with E-state index >= 15 is 0 Å². The van der Waals surface area contributed by atoms with Gasteiger partial charge in [-0.05, 0) is 36.4 Å². The Hall–Kier alpha value is -4.20. The average Bonchev–Trinajstić information content (AvgIpc) is 2.90. The molecule has 1 aliphatic heterocycles. The second kappa shape index (κ2) is 10.6. The molecular formula is C26H25NO7. The molecule has 1 N–H and O–H groups in total. The van der Waals surface area contributed by atoms with Gasteiger partial charge in [0, 0.05) is 16.7 Å². The number of carbonyl (C=O) groups is 2. The number of carbonyl (C=O) groups excluding carboxylic acids is 2. The number of benzene rings is 3. The van der Waals surface area contributed by atoms with Crippen molar-refractivity contribution >= 4 is 11.9 Å². The molecule has 176 valence electrons. The Morgan fingerprint density at radius 2 is 1.74 bits per heavy atom. The first-order valence-electron chi connectivity index (χ1n) is 10.7. The number of amides is 1. The van der Waals surface area contributed by atoms with Crippen LogP contribution in [0.5, 0.6) is 23.0 Å². The van der Waals surface area contributed by atoms with Crippen molar-refractivity contribution in [2.75, 3.05) is 34.0 Å². The van der Waals surface area contributed by atoms with E-state index in [4.69, 9.17) is 18.9 Å². The highest BCUT2D eigenvalue weighted by Crippen LogP contribution is 2.35. The van der Waals surface area contributed by atoms with Gasteiger partial charge in [0.1, 0.15) is 31.3 Å². The maximum atomic E-state index is 12.9. The van der Waals surface area contributed by atoms with Gasteiger partial charge in [-0.3, -0.25) is 9.59 Å². The molecule has 4 rings (SSSR count). The third kappa shape index (κ3) is 5.23. The van der Waals surface area contributed by atoms with Crippen molar-refractivity contribution < 1.29 is 33.3 Å². The number of para-hydroxylation sites is 3. The van der Waals surface area contributed by atoms with E-state index in [2.05, 4.69) is 10.1 Å². The van der Waals surface area contributed by atoms with Gasteiger partial charge in [-0.2, -0.15) is 0 Å². The van der Waals surface area contributed by atoms with E-state index in [1.165, 1.54) is 7.11 Å². The van der Waals surface area contributed by atoms with Crippen LogP contribution in [-0.4, -0.2) is 52.0 Å². The Balaban J connectivity index is 1.56. The number of ether oxygens (including phenoxy) is 5. The van der Waals surface area contributed by atoms with Gasteiger partial charge in [0.2, 0.25) is 0 Å². The largest absolute Gasteiger partial charge is 0.496 e. The molecule has 1 aliphatic rings. The molecule has 0 unspecified atom stereocenters. The highest BCUT2D eigenvalue weighted by Gasteiger charge is 2.22. The zero-order chi connectivity index (χ0) is 23.9. The molecule has 1 atom stereocenters. The lowest BCUT2D eigenvalue weighted by atomic mass is 9.97. The van der Waals surface area contributed by atoms with Crippen LogP contribution in [0.4, 0.5) is 0 Å². The summed E-state index contributed by atoms with van der Waals surface area (Å²) in [7, 11) is 2.83. The molecule has 3 aromatic carbocycles. The summed E-state index contributed by atoms with van der Waals surface area (Å²) in [6.07, 6.45) is -0.285. The summed E-state index contributed by atoms with van der Waals surface area (Å²) >= 11 is 0. The van der Waals surface area contributed by atoms with Gasteiger partial charge >= 0.3 is 5.97 Å². The predicted molar refractivity (Wildman–Crippen MR) is 125 cm³/mol. The zero-order valence-electron chi connectivity index (χ0n) is 18.9. The van der Waals surface area contributed by atoms with Gasteiger partial charge in [-0.15, -0.1) is 0 Å². The van der Waals surface area contributed by atoms with Crippen molar-refractivity contribution in [3.05, 3.63) is 72.3 Å². The van der Waals surface area contributed by atoms with Crippen LogP contribution in [0, 0.1) is 0 Å². The Labute approximate surface area is 197 Å². The standard InChI is InChI=1S/C26H25NO7/c1-30-22-8-4-3-7-19(22)21-13-17(11-12-20(21)26(29)27-14-25(28)31-2)32-15-18-16-33-23-9-5-6-10-24(23)34-18/h3-13,18H,14-16H2,1-2H3,(H,27,29)/t18-/m1/s1. The summed E-state index contributed by atoms with van der Waals surface area (Å²) in [4.78, 5) is 24.3. The molecule has 34 heavy (non-hydrogen) atoms. The second-order valence-corrected chi connectivity index (χ2v) is 7.48. The Bertz CT molecular complexity index is 1180. The molecule has 1 amide bonds. The monoisotopic (exact) mass is 463 g/mol. The smallest absolute Gasteiger partial charge is 0.325 e. The van der Waals surface area contributed by atoms with Gasteiger partial charge in [0.25, 0.3) is 5.91 Å². The van der Waals surface area contributed by atoms with E-state index < -0.39 is 11.9 Å². The fourth-order valence-corrected chi connectivity index (χ4v) is 3.56. The minimum Gasteiger partial charge on any atom is -0.496 e. The summed E-state index contributed by atoms with van der Waals surface area (Å²) in [5, 5.41) is 2.58. The second-order valence-electron chi connectivity index (χ2n) is 7.48. The molecular weight excluding hydrogens is 438 g/mol. The summed E-state index contributed by atoms with van der Waals surface area (Å²) in [6, 6.07) is 20.0. The molecule has 0 saturated heterocycles. The maximum absolute atomic E-state index is 12.9. The highest BCUT2D eigenvalue weighted by atomic mass is 16.6. The Morgan fingerprint density at radius 1 is 0.971 bits per heavy atom. The lowest BCUT2D eigenvalue weighted by molar-refractivity contribution is -0.139. The molecule has 8 nitrogen and oxygen atoms in total. The molecule has 0 spiro atoms. The number of hydrogen-bond donors (Lipinski definition) is 1. The van der Waals surface area contributed by atoms with E-state index in [0.717, 1.165) is 0 Å². The topological polar surface area (TPSA) is 92.3 Å². The van der Waals surface area contributed by atoms with Crippen LogP contribution >= 0.6 is 0 Å². The molecule has 3 aromatic rings. The molecule has 0 aliphatic carbocycles. The van der Waals surface area contributed by atoms with Crippen molar-refractivity contribution in [3.63, 3.8) is 0 Å². The molecule has 0 radical (unpaired) electrons. The molecule has 0 saturated carbocycles. The number of fused-ring (bicyclic) bond motifs is 1. The predicted octanol–water partition coefficient (Wildman–Crippen LogP) is 3.48. The number of rotatable bonds is 8. The van der Waals surface area contributed by atoms with E-state index in [-0.39, 0.29) is 19.3 Å². The minimum atomic E-state index is -0.539.